The summed E-state index contributed by atoms with van der Waals surface area (Å²) in [6.07, 6.45) is 0. The van der Waals surface area contributed by atoms with Crippen LogP contribution in [0.15, 0.2) is 48.5 Å². The fraction of sp³-hybridized carbons (Fsp3) is 0.0714. The molecule has 0 aromatic heterocycles. The summed E-state index contributed by atoms with van der Waals surface area (Å²) >= 11 is 11.3. The first-order valence-corrected chi connectivity index (χ1v) is 6.08. The minimum absolute atomic E-state index is 0.283. The number of benzene rings is 2. The Labute approximate surface area is 115 Å². The van der Waals surface area contributed by atoms with E-state index in [-0.39, 0.29) is 5.56 Å². The molecule has 0 fully saturated rings. The van der Waals surface area contributed by atoms with Gasteiger partial charge >= 0.3 is 0 Å². The Morgan fingerprint density at radius 2 is 1.83 bits per heavy atom. The Hall–Kier alpha value is -1.51. The Balaban J connectivity index is 2.07. The van der Waals surface area contributed by atoms with Gasteiger partial charge in [-0.25, -0.2) is 0 Å². The highest BCUT2D eigenvalue weighted by atomic mass is 35.5. The number of halogens is 2. The molecule has 2 nitrogen and oxygen atoms in total. The molecule has 0 aliphatic rings. The van der Waals surface area contributed by atoms with E-state index in [0.717, 1.165) is 5.56 Å². The van der Waals surface area contributed by atoms with Crippen LogP contribution in [0.2, 0.25) is 5.02 Å². The molecular weight excluding hydrogens is 271 g/mol. The predicted molar refractivity (Wildman–Crippen MR) is 72.4 cm³/mol. The molecule has 0 atom stereocenters. The normalized spacial score (nSPS) is 10.1. The summed E-state index contributed by atoms with van der Waals surface area (Å²) in [6, 6.07) is 14.6. The van der Waals surface area contributed by atoms with Crippen LogP contribution in [-0.2, 0) is 6.61 Å². The maximum atomic E-state index is 11.0. The van der Waals surface area contributed by atoms with Crippen molar-refractivity contribution in [2.75, 3.05) is 0 Å². The molecule has 0 heterocycles. The van der Waals surface area contributed by atoms with Crippen LogP contribution >= 0.6 is 23.2 Å². The van der Waals surface area contributed by atoms with E-state index in [9.17, 15) is 4.79 Å². The molecule has 92 valence electrons. The van der Waals surface area contributed by atoms with Gasteiger partial charge < -0.3 is 4.74 Å². The number of hydrogen-bond acceptors (Lipinski definition) is 2. The third-order valence-corrected chi connectivity index (χ3v) is 2.92. The average molecular weight is 281 g/mol. The number of rotatable bonds is 4. The molecule has 0 N–H and O–H groups in total. The average Bonchev–Trinajstić information content (AvgIpc) is 2.37. The molecule has 0 saturated heterocycles. The lowest BCUT2D eigenvalue weighted by atomic mass is 10.2. The summed E-state index contributed by atoms with van der Waals surface area (Å²) in [4.78, 5) is 11.0. The van der Waals surface area contributed by atoms with E-state index in [1.54, 1.807) is 18.2 Å². The summed E-state index contributed by atoms with van der Waals surface area (Å²) in [5, 5.41) is -0.282. The van der Waals surface area contributed by atoms with Gasteiger partial charge in [-0.05, 0) is 35.4 Å². The summed E-state index contributed by atoms with van der Waals surface area (Å²) in [7, 11) is 0. The summed E-state index contributed by atoms with van der Waals surface area (Å²) < 4.78 is 5.57. The summed E-state index contributed by atoms with van der Waals surface area (Å²) in [6.45, 7) is 0.450. The van der Waals surface area contributed by atoms with Crippen molar-refractivity contribution >= 4 is 28.4 Å². The standard InChI is InChI=1S/C14H10Cl2O2/c15-13-8-11(6-7-12(13)14(16)17)18-9-10-4-2-1-3-5-10/h1-8H,9H2. The Morgan fingerprint density at radius 3 is 2.44 bits per heavy atom. The van der Waals surface area contributed by atoms with Gasteiger partial charge in [-0.15, -0.1) is 0 Å². The molecule has 2 aromatic carbocycles. The van der Waals surface area contributed by atoms with Crippen LogP contribution in [0.3, 0.4) is 0 Å². The fourth-order valence-corrected chi connectivity index (χ4v) is 1.96. The molecule has 0 aliphatic carbocycles. The van der Waals surface area contributed by atoms with Crippen molar-refractivity contribution in [2.45, 2.75) is 6.61 Å². The molecule has 0 bridgehead atoms. The van der Waals surface area contributed by atoms with Gasteiger partial charge in [-0.3, -0.25) is 4.79 Å². The first-order chi connectivity index (χ1) is 8.66. The second-order valence-electron chi connectivity index (χ2n) is 3.69. The number of carbonyl (C=O) groups is 1. The molecule has 2 aromatic rings. The maximum Gasteiger partial charge on any atom is 0.253 e. The van der Waals surface area contributed by atoms with E-state index in [1.807, 2.05) is 30.3 Å². The second kappa shape index (κ2) is 5.89. The minimum atomic E-state index is -0.574. The van der Waals surface area contributed by atoms with Gasteiger partial charge in [0.2, 0.25) is 0 Å². The van der Waals surface area contributed by atoms with E-state index in [4.69, 9.17) is 27.9 Å². The van der Waals surface area contributed by atoms with Gasteiger partial charge in [-0.1, -0.05) is 41.9 Å². The van der Waals surface area contributed by atoms with Crippen LogP contribution in [0.25, 0.3) is 0 Å². The Morgan fingerprint density at radius 1 is 1.11 bits per heavy atom. The van der Waals surface area contributed by atoms with E-state index in [2.05, 4.69) is 0 Å². The lowest BCUT2D eigenvalue weighted by molar-refractivity contribution is 0.108. The van der Waals surface area contributed by atoms with Crippen LogP contribution in [0.4, 0.5) is 0 Å². The van der Waals surface area contributed by atoms with Crippen LogP contribution in [-0.4, -0.2) is 5.24 Å². The highest BCUT2D eigenvalue weighted by molar-refractivity contribution is 6.68. The SMILES string of the molecule is O=C(Cl)c1ccc(OCc2ccccc2)cc1Cl. The molecule has 0 radical (unpaired) electrons. The number of hydrogen-bond donors (Lipinski definition) is 0. The topological polar surface area (TPSA) is 26.3 Å². The monoisotopic (exact) mass is 280 g/mol. The van der Waals surface area contributed by atoms with Crippen LogP contribution in [0, 0.1) is 0 Å². The van der Waals surface area contributed by atoms with Crippen molar-refractivity contribution in [1.82, 2.24) is 0 Å². The van der Waals surface area contributed by atoms with Crippen molar-refractivity contribution < 1.29 is 9.53 Å². The molecule has 0 saturated carbocycles. The van der Waals surface area contributed by atoms with Gasteiger partial charge in [0, 0.05) is 0 Å². The van der Waals surface area contributed by atoms with Gasteiger partial charge in [0.15, 0.2) is 0 Å². The van der Waals surface area contributed by atoms with Crippen molar-refractivity contribution in [1.29, 1.82) is 0 Å². The minimum Gasteiger partial charge on any atom is -0.489 e. The van der Waals surface area contributed by atoms with E-state index < -0.39 is 5.24 Å². The molecule has 0 spiro atoms. The smallest absolute Gasteiger partial charge is 0.253 e. The maximum absolute atomic E-state index is 11.0. The molecule has 4 heteroatoms. The van der Waals surface area contributed by atoms with Crippen molar-refractivity contribution in [3.63, 3.8) is 0 Å². The third-order valence-electron chi connectivity index (χ3n) is 2.40. The van der Waals surface area contributed by atoms with E-state index in [1.165, 1.54) is 0 Å². The first-order valence-electron chi connectivity index (χ1n) is 5.33. The largest absolute Gasteiger partial charge is 0.489 e. The second-order valence-corrected chi connectivity index (χ2v) is 4.44. The van der Waals surface area contributed by atoms with Gasteiger partial charge in [0.25, 0.3) is 5.24 Å². The van der Waals surface area contributed by atoms with Gasteiger partial charge in [0.05, 0.1) is 10.6 Å². The lowest BCUT2D eigenvalue weighted by Gasteiger charge is -2.07. The lowest BCUT2D eigenvalue weighted by Crippen LogP contribution is -1.96. The third kappa shape index (κ3) is 3.25. The molecular formula is C14H10Cl2O2. The van der Waals surface area contributed by atoms with Gasteiger partial charge in [-0.2, -0.15) is 0 Å². The number of ether oxygens (including phenoxy) is 1. The fourth-order valence-electron chi connectivity index (χ4n) is 1.49. The van der Waals surface area contributed by atoms with E-state index in [0.29, 0.717) is 17.4 Å². The summed E-state index contributed by atoms with van der Waals surface area (Å²) in [5.41, 5.74) is 1.34. The molecule has 0 amide bonds. The first kappa shape index (κ1) is 12.9. The molecule has 0 aliphatic heterocycles. The Bertz CT molecular complexity index is 553. The highest BCUT2D eigenvalue weighted by Gasteiger charge is 2.08. The predicted octanol–water partition coefficient (Wildman–Crippen LogP) is 4.30. The van der Waals surface area contributed by atoms with Gasteiger partial charge in [0.1, 0.15) is 12.4 Å². The van der Waals surface area contributed by atoms with Crippen LogP contribution in [0.1, 0.15) is 15.9 Å². The van der Waals surface area contributed by atoms with Crippen LogP contribution < -0.4 is 4.74 Å². The van der Waals surface area contributed by atoms with Crippen molar-refractivity contribution in [3.8, 4) is 5.75 Å². The molecule has 0 unspecified atom stereocenters. The molecule has 18 heavy (non-hydrogen) atoms. The van der Waals surface area contributed by atoms with Crippen LogP contribution in [0.5, 0.6) is 5.75 Å². The zero-order valence-electron chi connectivity index (χ0n) is 9.40. The zero-order chi connectivity index (χ0) is 13.0. The summed E-state index contributed by atoms with van der Waals surface area (Å²) in [5.74, 6) is 0.602. The highest BCUT2D eigenvalue weighted by Crippen LogP contribution is 2.24. The number of carbonyl (C=O) groups excluding carboxylic acids is 1. The Kier molecular flexibility index (Phi) is 4.24. The van der Waals surface area contributed by atoms with Crippen molar-refractivity contribution in [2.24, 2.45) is 0 Å². The zero-order valence-corrected chi connectivity index (χ0v) is 10.9. The quantitative estimate of drug-likeness (QED) is 0.781. The molecule has 2 rings (SSSR count). The van der Waals surface area contributed by atoms with E-state index >= 15 is 0 Å². The van der Waals surface area contributed by atoms with Crippen molar-refractivity contribution in [3.05, 3.63) is 64.7 Å².